The van der Waals surface area contributed by atoms with Gasteiger partial charge in [-0.1, -0.05) is 6.92 Å². The van der Waals surface area contributed by atoms with Crippen LogP contribution in [0.2, 0.25) is 0 Å². The quantitative estimate of drug-likeness (QED) is 0.731. The number of aromatic nitrogens is 1. The van der Waals surface area contributed by atoms with Crippen LogP contribution in [0, 0.1) is 6.92 Å². The molecule has 2 aromatic heterocycles. The zero-order valence-corrected chi connectivity index (χ0v) is 14.3. The average molecular weight is 322 g/mol. The van der Waals surface area contributed by atoms with Gasteiger partial charge in [-0.15, -0.1) is 11.3 Å². The lowest BCUT2D eigenvalue weighted by atomic mass is 10.2. The van der Waals surface area contributed by atoms with Crippen LogP contribution in [0.5, 0.6) is 0 Å². The number of carbonyl (C=O) groups is 1. The van der Waals surface area contributed by atoms with Gasteiger partial charge in [0.25, 0.3) is 0 Å². The predicted octanol–water partition coefficient (Wildman–Crippen LogP) is 3.42. The van der Waals surface area contributed by atoms with Gasteiger partial charge in [0.2, 0.25) is 0 Å². The van der Waals surface area contributed by atoms with Crippen molar-refractivity contribution in [2.45, 2.75) is 39.8 Å². The lowest BCUT2D eigenvalue weighted by Gasteiger charge is -2.13. The van der Waals surface area contributed by atoms with Crippen LogP contribution in [0.25, 0.3) is 0 Å². The normalized spacial score (nSPS) is 11.1. The molecule has 0 aliphatic heterocycles. The summed E-state index contributed by atoms with van der Waals surface area (Å²) < 4.78 is 10.4. The maximum Gasteiger partial charge on any atom is 0.341 e. The van der Waals surface area contributed by atoms with Crippen LogP contribution in [0.1, 0.15) is 45.9 Å². The molecule has 0 unspecified atom stereocenters. The van der Waals surface area contributed by atoms with Gasteiger partial charge in [0.05, 0.1) is 24.4 Å². The van der Waals surface area contributed by atoms with Gasteiger partial charge < -0.3 is 9.15 Å². The number of carbonyl (C=O) groups excluding carboxylic acids is 1. The Kier molecular flexibility index (Phi) is 5.74. The zero-order valence-electron chi connectivity index (χ0n) is 13.5. The maximum absolute atomic E-state index is 11.6. The van der Waals surface area contributed by atoms with Crippen LogP contribution >= 0.6 is 11.3 Å². The Labute approximate surface area is 134 Å². The van der Waals surface area contributed by atoms with E-state index in [4.69, 9.17) is 9.15 Å². The van der Waals surface area contributed by atoms with Crippen LogP contribution in [-0.4, -0.2) is 30.0 Å². The number of thiazole rings is 1. The molecule has 0 N–H and O–H groups in total. The Hall–Kier alpha value is -1.66. The SMILES string of the molecule is CCCc1nc(CN(C)Cc2cc(C(=O)OC)c(C)o2)cs1. The van der Waals surface area contributed by atoms with E-state index in [1.165, 1.54) is 12.1 Å². The molecule has 22 heavy (non-hydrogen) atoms. The van der Waals surface area contributed by atoms with E-state index in [9.17, 15) is 4.79 Å². The largest absolute Gasteiger partial charge is 0.465 e. The molecule has 0 radical (unpaired) electrons. The summed E-state index contributed by atoms with van der Waals surface area (Å²) in [4.78, 5) is 18.3. The van der Waals surface area contributed by atoms with E-state index in [1.54, 1.807) is 24.3 Å². The molecule has 0 aromatic carbocycles. The molecular formula is C16H22N2O3S. The third-order valence-electron chi connectivity index (χ3n) is 3.29. The lowest BCUT2D eigenvalue weighted by Crippen LogP contribution is -2.17. The third-order valence-corrected chi connectivity index (χ3v) is 4.25. The fourth-order valence-electron chi connectivity index (χ4n) is 2.28. The monoisotopic (exact) mass is 322 g/mol. The summed E-state index contributed by atoms with van der Waals surface area (Å²) in [6.45, 7) is 5.31. The van der Waals surface area contributed by atoms with Gasteiger partial charge in [-0.3, -0.25) is 4.90 Å². The molecule has 2 aromatic rings. The van der Waals surface area contributed by atoms with E-state index in [2.05, 4.69) is 22.2 Å². The number of methoxy groups -OCH3 is 1. The van der Waals surface area contributed by atoms with Crippen LogP contribution in [0.4, 0.5) is 0 Å². The molecule has 0 atom stereocenters. The van der Waals surface area contributed by atoms with Crippen molar-refractivity contribution in [1.29, 1.82) is 0 Å². The van der Waals surface area contributed by atoms with Crippen molar-refractivity contribution in [3.63, 3.8) is 0 Å². The summed E-state index contributed by atoms with van der Waals surface area (Å²) in [5, 5.41) is 3.29. The number of hydrogen-bond donors (Lipinski definition) is 0. The Bertz CT molecular complexity index is 633. The first kappa shape index (κ1) is 16.7. The van der Waals surface area contributed by atoms with Gasteiger partial charge in [0, 0.05) is 11.9 Å². The van der Waals surface area contributed by atoms with Gasteiger partial charge >= 0.3 is 5.97 Å². The molecule has 0 aliphatic rings. The number of rotatable bonds is 7. The Morgan fingerprint density at radius 1 is 1.45 bits per heavy atom. The summed E-state index contributed by atoms with van der Waals surface area (Å²) in [7, 11) is 3.38. The predicted molar refractivity (Wildman–Crippen MR) is 86.1 cm³/mol. The highest BCUT2D eigenvalue weighted by molar-refractivity contribution is 7.09. The zero-order chi connectivity index (χ0) is 16.1. The Morgan fingerprint density at radius 2 is 2.23 bits per heavy atom. The molecule has 0 fully saturated rings. The number of nitrogens with zero attached hydrogens (tertiary/aromatic N) is 2. The van der Waals surface area contributed by atoms with Crippen molar-refractivity contribution in [2.75, 3.05) is 14.2 Å². The summed E-state index contributed by atoms with van der Waals surface area (Å²) >= 11 is 1.71. The van der Waals surface area contributed by atoms with E-state index < -0.39 is 0 Å². The molecule has 5 nitrogen and oxygen atoms in total. The highest BCUT2D eigenvalue weighted by Gasteiger charge is 2.16. The van der Waals surface area contributed by atoms with Crippen molar-refractivity contribution < 1.29 is 13.9 Å². The molecule has 0 aliphatic carbocycles. The first-order chi connectivity index (χ1) is 10.5. The lowest BCUT2D eigenvalue weighted by molar-refractivity contribution is 0.0599. The average Bonchev–Trinajstić information content (AvgIpc) is 3.05. The van der Waals surface area contributed by atoms with Gasteiger partial charge in [0.1, 0.15) is 17.1 Å². The number of ether oxygens (including phenoxy) is 1. The van der Waals surface area contributed by atoms with Crippen molar-refractivity contribution in [3.05, 3.63) is 39.2 Å². The van der Waals surface area contributed by atoms with E-state index in [-0.39, 0.29) is 5.97 Å². The third kappa shape index (κ3) is 4.18. The summed E-state index contributed by atoms with van der Waals surface area (Å²) in [6.07, 6.45) is 2.15. The maximum atomic E-state index is 11.6. The first-order valence-electron chi connectivity index (χ1n) is 7.33. The molecule has 6 heteroatoms. The van der Waals surface area contributed by atoms with E-state index in [0.29, 0.717) is 17.9 Å². The standard InChI is InChI=1S/C16H22N2O3S/c1-5-6-15-17-12(10-22-15)8-18(3)9-13-7-14(11(2)21-13)16(19)20-4/h7,10H,5-6,8-9H2,1-4H3. The minimum absolute atomic E-state index is 0.362. The number of hydrogen-bond acceptors (Lipinski definition) is 6. The van der Waals surface area contributed by atoms with Crippen molar-refractivity contribution >= 4 is 17.3 Å². The smallest absolute Gasteiger partial charge is 0.341 e. The molecule has 2 heterocycles. The molecule has 0 spiro atoms. The van der Waals surface area contributed by atoms with Gasteiger partial charge in [0.15, 0.2) is 0 Å². The van der Waals surface area contributed by atoms with Gasteiger partial charge in [-0.05, 0) is 32.9 Å². The minimum atomic E-state index is -0.362. The summed E-state index contributed by atoms with van der Waals surface area (Å²) in [5.41, 5.74) is 1.57. The summed E-state index contributed by atoms with van der Waals surface area (Å²) in [6, 6.07) is 1.75. The highest BCUT2D eigenvalue weighted by atomic mass is 32.1. The van der Waals surface area contributed by atoms with E-state index in [0.717, 1.165) is 30.8 Å². The van der Waals surface area contributed by atoms with Gasteiger partial charge in [-0.25, -0.2) is 9.78 Å². The van der Waals surface area contributed by atoms with Crippen molar-refractivity contribution in [3.8, 4) is 0 Å². The van der Waals surface area contributed by atoms with E-state index >= 15 is 0 Å². The molecule has 0 bridgehead atoms. The summed E-state index contributed by atoms with van der Waals surface area (Å²) in [5.74, 6) is 0.984. The number of aryl methyl sites for hydroxylation is 2. The molecule has 2 rings (SSSR count). The molecule has 0 saturated heterocycles. The molecular weight excluding hydrogens is 300 g/mol. The minimum Gasteiger partial charge on any atom is -0.465 e. The Morgan fingerprint density at radius 3 is 2.91 bits per heavy atom. The van der Waals surface area contributed by atoms with Crippen LogP contribution < -0.4 is 0 Å². The second-order valence-electron chi connectivity index (χ2n) is 5.33. The fraction of sp³-hybridized carbons (Fsp3) is 0.500. The van der Waals surface area contributed by atoms with Crippen LogP contribution in [-0.2, 0) is 24.2 Å². The molecule has 0 saturated carbocycles. The number of furan rings is 1. The topological polar surface area (TPSA) is 55.6 Å². The van der Waals surface area contributed by atoms with E-state index in [1.807, 2.05) is 7.05 Å². The van der Waals surface area contributed by atoms with Crippen molar-refractivity contribution in [1.82, 2.24) is 9.88 Å². The molecule has 0 amide bonds. The number of esters is 1. The Balaban J connectivity index is 1.96. The fourth-order valence-corrected chi connectivity index (χ4v) is 3.17. The van der Waals surface area contributed by atoms with Crippen molar-refractivity contribution in [2.24, 2.45) is 0 Å². The van der Waals surface area contributed by atoms with Gasteiger partial charge in [-0.2, -0.15) is 0 Å². The molecule has 120 valence electrons. The van der Waals surface area contributed by atoms with Crippen LogP contribution in [0.15, 0.2) is 15.9 Å². The first-order valence-corrected chi connectivity index (χ1v) is 8.20. The van der Waals surface area contributed by atoms with Crippen LogP contribution in [0.3, 0.4) is 0 Å². The highest BCUT2D eigenvalue weighted by Crippen LogP contribution is 2.18. The second-order valence-corrected chi connectivity index (χ2v) is 6.27. The second kappa shape index (κ2) is 7.56.